The molecule has 0 heterocycles. The lowest BCUT2D eigenvalue weighted by atomic mass is 10.2. The van der Waals surface area contributed by atoms with Gasteiger partial charge in [-0.15, -0.1) is 0 Å². The molecule has 4 nitrogen and oxygen atoms in total. The standard InChI is InChI=1S/C15H22O4/c1-4-5-9-18-11-12(2)19-14-8-6-7-13(10-14)15(16)17-3/h6-8,10,12H,4-5,9,11H2,1-3H3. The lowest BCUT2D eigenvalue weighted by molar-refractivity contribution is 0.0562. The van der Waals surface area contributed by atoms with E-state index in [1.165, 1.54) is 7.11 Å². The number of esters is 1. The van der Waals surface area contributed by atoms with Gasteiger partial charge in [-0.1, -0.05) is 19.4 Å². The minimum Gasteiger partial charge on any atom is -0.488 e. The third-order valence-corrected chi connectivity index (χ3v) is 2.59. The molecule has 0 N–H and O–H groups in total. The van der Waals surface area contributed by atoms with Crippen LogP contribution in [-0.4, -0.2) is 32.4 Å². The smallest absolute Gasteiger partial charge is 0.337 e. The number of benzene rings is 1. The molecule has 1 aromatic rings. The highest BCUT2D eigenvalue weighted by Gasteiger charge is 2.08. The van der Waals surface area contributed by atoms with Crippen LogP contribution >= 0.6 is 0 Å². The van der Waals surface area contributed by atoms with Crippen molar-refractivity contribution in [3.05, 3.63) is 29.8 Å². The first kappa shape index (κ1) is 15.5. The van der Waals surface area contributed by atoms with Crippen LogP contribution in [0.2, 0.25) is 0 Å². The Morgan fingerprint density at radius 1 is 1.37 bits per heavy atom. The molecule has 0 radical (unpaired) electrons. The molecule has 0 fully saturated rings. The van der Waals surface area contributed by atoms with E-state index in [1.54, 1.807) is 18.2 Å². The molecule has 1 atom stereocenters. The van der Waals surface area contributed by atoms with Gasteiger partial charge in [-0.25, -0.2) is 4.79 Å². The van der Waals surface area contributed by atoms with Gasteiger partial charge in [0.05, 0.1) is 19.3 Å². The molecule has 0 aromatic heterocycles. The van der Waals surface area contributed by atoms with Crippen LogP contribution < -0.4 is 4.74 Å². The number of carbonyl (C=O) groups excluding carboxylic acids is 1. The molecular formula is C15H22O4. The van der Waals surface area contributed by atoms with E-state index in [4.69, 9.17) is 9.47 Å². The van der Waals surface area contributed by atoms with Crippen molar-refractivity contribution in [1.82, 2.24) is 0 Å². The Morgan fingerprint density at radius 3 is 2.84 bits per heavy atom. The molecule has 0 amide bonds. The number of ether oxygens (including phenoxy) is 3. The van der Waals surface area contributed by atoms with Crippen molar-refractivity contribution in [3.63, 3.8) is 0 Å². The molecule has 0 saturated heterocycles. The zero-order valence-corrected chi connectivity index (χ0v) is 11.8. The summed E-state index contributed by atoms with van der Waals surface area (Å²) in [5.41, 5.74) is 0.485. The Morgan fingerprint density at radius 2 is 2.16 bits per heavy atom. The van der Waals surface area contributed by atoms with Crippen molar-refractivity contribution in [1.29, 1.82) is 0 Å². The van der Waals surface area contributed by atoms with Gasteiger partial charge >= 0.3 is 5.97 Å². The van der Waals surface area contributed by atoms with E-state index in [1.807, 2.05) is 13.0 Å². The summed E-state index contributed by atoms with van der Waals surface area (Å²) in [6, 6.07) is 6.96. The first-order chi connectivity index (χ1) is 9.17. The third-order valence-electron chi connectivity index (χ3n) is 2.59. The van der Waals surface area contributed by atoms with Gasteiger partial charge < -0.3 is 14.2 Å². The van der Waals surface area contributed by atoms with Crippen molar-refractivity contribution in [2.24, 2.45) is 0 Å². The molecule has 1 unspecified atom stereocenters. The van der Waals surface area contributed by atoms with Gasteiger partial charge in [0.2, 0.25) is 0 Å². The van der Waals surface area contributed by atoms with Gasteiger partial charge in [0.15, 0.2) is 0 Å². The van der Waals surface area contributed by atoms with Crippen LogP contribution in [0, 0.1) is 0 Å². The van der Waals surface area contributed by atoms with Gasteiger partial charge in [0.1, 0.15) is 11.9 Å². The second kappa shape index (κ2) is 8.53. The minimum absolute atomic E-state index is 0.0512. The van der Waals surface area contributed by atoms with Crippen molar-refractivity contribution in [2.45, 2.75) is 32.8 Å². The van der Waals surface area contributed by atoms with Crippen LogP contribution in [0.3, 0.4) is 0 Å². The average molecular weight is 266 g/mol. The van der Waals surface area contributed by atoms with Crippen LogP contribution in [0.1, 0.15) is 37.0 Å². The Balaban J connectivity index is 2.45. The van der Waals surface area contributed by atoms with Crippen LogP contribution in [0.25, 0.3) is 0 Å². The maximum atomic E-state index is 11.4. The SMILES string of the molecule is CCCCOCC(C)Oc1cccc(C(=O)OC)c1. The van der Waals surface area contributed by atoms with Gasteiger partial charge in [-0.05, 0) is 31.5 Å². The molecule has 0 aliphatic carbocycles. The van der Waals surface area contributed by atoms with Crippen LogP contribution in [0.15, 0.2) is 24.3 Å². The van der Waals surface area contributed by atoms with Gasteiger partial charge in [-0.3, -0.25) is 0 Å². The van der Waals surface area contributed by atoms with Gasteiger partial charge in [-0.2, -0.15) is 0 Å². The fraction of sp³-hybridized carbons (Fsp3) is 0.533. The molecule has 19 heavy (non-hydrogen) atoms. The highest BCUT2D eigenvalue weighted by molar-refractivity contribution is 5.89. The Hall–Kier alpha value is -1.55. The molecule has 0 spiro atoms. The first-order valence-corrected chi connectivity index (χ1v) is 6.60. The summed E-state index contributed by atoms with van der Waals surface area (Å²) >= 11 is 0. The minimum atomic E-state index is -0.364. The molecular weight excluding hydrogens is 244 g/mol. The fourth-order valence-electron chi connectivity index (χ4n) is 1.58. The number of rotatable bonds is 8. The van der Waals surface area contributed by atoms with Crippen LogP contribution in [0.4, 0.5) is 0 Å². The molecule has 0 aliphatic heterocycles. The topological polar surface area (TPSA) is 44.8 Å². The Kier molecular flexibility index (Phi) is 6.97. The lowest BCUT2D eigenvalue weighted by Gasteiger charge is -2.15. The summed E-state index contributed by atoms with van der Waals surface area (Å²) in [6.07, 6.45) is 2.13. The predicted molar refractivity (Wildman–Crippen MR) is 73.6 cm³/mol. The second-order valence-corrected chi connectivity index (χ2v) is 4.38. The monoisotopic (exact) mass is 266 g/mol. The molecule has 4 heteroatoms. The van der Waals surface area contributed by atoms with Crippen molar-refractivity contribution in [3.8, 4) is 5.75 Å². The summed E-state index contributed by atoms with van der Waals surface area (Å²) < 4.78 is 15.9. The highest BCUT2D eigenvalue weighted by Crippen LogP contribution is 2.15. The summed E-state index contributed by atoms with van der Waals surface area (Å²) in [5.74, 6) is 0.284. The van der Waals surface area contributed by atoms with Crippen LogP contribution in [0.5, 0.6) is 5.75 Å². The second-order valence-electron chi connectivity index (χ2n) is 4.38. The molecule has 106 valence electrons. The Labute approximate surface area is 114 Å². The van der Waals surface area contributed by atoms with Crippen molar-refractivity contribution >= 4 is 5.97 Å². The zero-order valence-electron chi connectivity index (χ0n) is 11.8. The molecule has 0 saturated carbocycles. The average Bonchev–Trinajstić information content (AvgIpc) is 2.43. The third kappa shape index (κ3) is 5.75. The summed E-state index contributed by atoms with van der Waals surface area (Å²) in [6.45, 7) is 5.37. The molecule has 1 rings (SSSR count). The lowest BCUT2D eigenvalue weighted by Crippen LogP contribution is -2.19. The van der Waals surface area contributed by atoms with E-state index in [9.17, 15) is 4.79 Å². The Bertz CT molecular complexity index is 389. The van der Waals surface area contributed by atoms with Gasteiger partial charge in [0.25, 0.3) is 0 Å². The van der Waals surface area contributed by atoms with E-state index in [0.29, 0.717) is 17.9 Å². The maximum Gasteiger partial charge on any atom is 0.337 e. The number of methoxy groups -OCH3 is 1. The van der Waals surface area contributed by atoms with E-state index < -0.39 is 0 Å². The quantitative estimate of drug-likeness (QED) is 0.536. The maximum absolute atomic E-state index is 11.4. The molecule has 0 bridgehead atoms. The summed E-state index contributed by atoms with van der Waals surface area (Å²) in [5, 5.41) is 0. The van der Waals surface area contributed by atoms with Crippen molar-refractivity contribution in [2.75, 3.05) is 20.3 Å². The number of unbranched alkanes of at least 4 members (excludes halogenated alkanes) is 1. The van der Waals surface area contributed by atoms with Crippen molar-refractivity contribution < 1.29 is 19.0 Å². The van der Waals surface area contributed by atoms with E-state index >= 15 is 0 Å². The number of hydrogen-bond donors (Lipinski definition) is 0. The number of carbonyl (C=O) groups is 1. The van der Waals surface area contributed by atoms with E-state index in [2.05, 4.69) is 11.7 Å². The molecule has 0 aliphatic rings. The predicted octanol–water partition coefficient (Wildman–Crippen LogP) is 3.06. The summed E-state index contributed by atoms with van der Waals surface area (Å²) in [7, 11) is 1.36. The fourth-order valence-corrected chi connectivity index (χ4v) is 1.58. The summed E-state index contributed by atoms with van der Waals surface area (Å²) in [4.78, 5) is 11.4. The van der Waals surface area contributed by atoms with E-state index in [-0.39, 0.29) is 12.1 Å². The highest BCUT2D eigenvalue weighted by atomic mass is 16.5. The first-order valence-electron chi connectivity index (χ1n) is 6.60. The van der Waals surface area contributed by atoms with E-state index in [0.717, 1.165) is 19.4 Å². The normalized spacial score (nSPS) is 11.9. The zero-order chi connectivity index (χ0) is 14.1. The molecule has 1 aromatic carbocycles. The van der Waals surface area contributed by atoms with Gasteiger partial charge in [0, 0.05) is 6.61 Å². The van der Waals surface area contributed by atoms with Crippen LogP contribution in [-0.2, 0) is 9.47 Å². The largest absolute Gasteiger partial charge is 0.488 e. The number of hydrogen-bond acceptors (Lipinski definition) is 4.